The number of nitrogens with one attached hydrogen (secondary N) is 2. The molecule has 1 saturated heterocycles. The number of carbonyl (C=O) groups excluding carboxylic acids is 3. The lowest BCUT2D eigenvalue weighted by Gasteiger charge is -2.30. The van der Waals surface area contributed by atoms with Crippen LogP contribution >= 0.6 is 22.7 Å². The number of hydrazine groups is 1. The molecule has 9 heteroatoms. The summed E-state index contributed by atoms with van der Waals surface area (Å²) in [5.41, 5.74) is 2.20. The highest BCUT2D eigenvalue weighted by Gasteiger charge is 2.52. The van der Waals surface area contributed by atoms with Crippen molar-refractivity contribution in [1.82, 2.24) is 20.7 Å². The number of aromatic nitrogens is 1. The number of hydrogen-bond donors (Lipinski definition) is 2. The Labute approximate surface area is 158 Å². The lowest BCUT2D eigenvalue weighted by molar-refractivity contribution is -0.134. The van der Waals surface area contributed by atoms with E-state index in [1.54, 1.807) is 18.3 Å². The van der Waals surface area contributed by atoms with Crippen LogP contribution in [0, 0.1) is 6.92 Å². The zero-order chi connectivity index (χ0) is 18.3. The SMILES string of the molecule is Cc1nc(-c2cccs2)sc1C(=O)NN1C(=O)NC2(CCCCC2)C1=O. The van der Waals surface area contributed by atoms with Crippen molar-refractivity contribution >= 4 is 40.5 Å². The molecule has 2 aromatic rings. The van der Waals surface area contributed by atoms with Gasteiger partial charge >= 0.3 is 6.03 Å². The quantitative estimate of drug-likeness (QED) is 0.788. The number of rotatable bonds is 3. The minimum atomic E-state index is -0.854. The normalized spacial score (nSPS) is 19.0. The zero-order valence-electron chi connectivity index (χ0n) is 14.2. The van der Waals surface area contributed by atoms with E-state index >= 15 is 0 Å². The van der Waals surface area contributed by atoms with Gasteiger partial charge in [-0.3, -0.25) is 15.0 Å². The van der Waals surface area contributed by atoms with Crippen LogP contribution in [0.3, 0.4) is 0 Å². The first kappa shape index (κ1) is 17.2. The fourth-order valence-corrected chi connectivity index (χ4v) is 5.23. The molecule has 1 aliphatic heterocycles. The van der Waals surface area contributed by atoms with E-state index in [1.165, 1.54) is 11.3 Å². The van der Waals surface area contributed by atoms with E-state index in [4.69, 9.17) is 0 Å². The van der Waals surface area contributed by atoms with Crippen LogP contribution in [0.15, 0.2) is 17.5 Å². The lowest BCUT2D eigenvalue weighted by Crippen LogP contribution is -2.50. The predicted molar refractivity (Wildman–Crippen MR) is 98.8 cm³/mol. The number of amides is 4. The largest absolute Gasteiger partial charge is 0.344 e. The first-order chi connectivity index (χ1) is 12.5. The maximum absolute atomic E-state index is 12.8. The summed E-state index contributed by atoms with van der Waals surface area (Å²) in [5.74, 6) is -0.852. The van der Waals surface area contributed by atoms with E-state index < -0.39 is 17.5 Å². The molecular weight excluding hydrogens is 372 g/mol. The average Bonchev–Trinajstić information content (AvgIpc) is 3.32. The highest BCUT2D eigenvalue weighted by molar-refractivity contribution is 7.22. The van der Waals surface area contributed by atoms with Crippen LogP contribution in [0.4, 0.5) is 4.79 Å². The monoisotopic (exact) mass is 390 g/mol. The molecule has 0 atom stereocenters. The molecular formula is C17H18N4O3S2. The first-order valence-corrected chi connectivity index (χ1v) is 10.2. The lowest BCUT2D eigenvalue weighted by atomic mass is 9.82. The van der Waals surface area contributed by atoms with Crippen LogP contribution < -0.4 is 10.7 Å². The Balaban J connectivity index is 1.53. The van der Waals surface area contributed by atoms with Gasteiger partial charge in [0.2, 0.25) is 0 Å². The Bertz CT molecular complexity index is 869. The van der Waals surface area contributed by atoms with E-state index in [0.717, 1.165) is 34.2 Å². The minimum absolute atomic E-state index is 0.365. The summed E-state index contributed by atoms with van der Waals surface area (Å²) in [4.78, 5) is 43.5. The van der Waals surface area contributed by atoms with Crippen molar-refractivity contribution in [3.05, 3.63) is 28.1 Å². The van der Waals surface area contributed by atoms with Crippen LogP contribution in [0.25, 0.3) is 9.88 Å². The van der Waals surface area contributed by atoms with Gasteiger partial charge in [0.15, 0.2) is 0 Å². The van der Waals surface area contributed by atoms with Crippen molar-refractivity contribution in [3.63, 3.8) is 0 Å². The topological polar surface area (TPSA) is 91.4 Å². The maximum atomic E-state index is 12.8. The maximum Gasteiger partial charge on any atom is 0.344 e. The Morgan fingerprint density at radius 1 is 1.31 bits per heavy atom. The number of hydrogen-bond acceptors (Lipinski definition) is 6. The standard InChI is InChI=1S/C17H18N4O3S2/c1-10-12(26-14(18-10)11-6-5-9-25-11)13(22)20-21-15(23)17(19-16(21)24)7-3-2-4-8-17/h5-6,9H,2-4,7-8H2,1H3,(H,19,24)(H,20,22). The van der Waals surface area contributed by atoms with Gasteiger partial charge < -0.3 is 5.32 Å². The molecule has 1 saturated carbocycles. The molecule has 26 heavy (non-hydrogen) atoms. The van der Waals surface area contributed by atoms with Crippen molar-refractivity contribution in [2.75, 3.05) is 0 Å². The molecule has 1 aliphatic carbocycles. The molecule has 1 spiro atoms. The summed E-state index contributed by atoms with van der Waals surface area (Å²) in [6.07, 6.45) is 4.08. The molecule has 136 valence electrons. The van der Waals surface area contributed by atoms with Crippen LogP contribution in [0.5, 0.6) is 0 Å². The molecule has 7 nitrogen and oxygen atoms in total. The highest BCUT2D eigenvalue weighted by Crippen LogP contribution is 2.34. The third-order valence-corrected chi connectivity index (χ3v) is 7.01. The van der Waals surface area contributed by atoms with Crippen molar-refractivity contribution in [2.45, 2.75) is 44.6 Å². The zero-order valence-corrected chi connectivity index (χ0v) is 15.8. The summed E-state index contributed by atoms with van der Waals surface area (Å²) >= 11 is 2.80. The summed E-state index contributed by atoms with van der Waals surface area (Å²) in [6, 6.07) is 3.30. The van der Waals surface area contributed by atoms with Gasteiger partial charge in [-0.05, 0) is 31.2 Å². The van der Waals surface area contributed by atoms with Crippen molar-refractivity contribution in [1.29, 1.82) is 0 Å². The first-order valence-electron chi connectivity index (χ1n) is 8.49. The molecule has 0 radical (unpaired) electrons. The molecule has 2 aliphatic rings. The second-order valence-corrected chi connectivity index (χ2v) is 8.51. The van der Waals surface area contributed by atoms with Gasteiger partial charge in [-0.1, -0.05) is 25.3 Å². The van der Waals surface area contributed by atoms with Crippen molar-refractivity contribution < 1.29 is 14.4 Å². The highest BCUT2D eigenvalue weighted by atomic mass is 32.1. The Morgan fingerprint density at radius 3 is 2.77 bits per heavy atom. The van der Waals surface area contributed by atoms with Crippen molar-refractivity contribution in [2.24, 2.45) is 0 Å². The van der Waals surface area contributed by atoms with Crippen LogP contribution in [0.1, 0.15) is 47.5 Å². The van der Waals surface area contributed by atoms with Gasteiger partial charge in [-0.15, -0.1) is 22.7 Å². The number of urea groups is 1. The van der Waals surface area contributed by atoms with Gasteiger partial charge in [0.05, 0.1) is 10.6 Å². The minimum Gasteiger partial charge on any atom is -0.322 e. The number of aryl methyl sites for hydroxylation is 1. The van der Waals surface area contributed by atoms with Gasteiger partial charge in [0.1, 0.15) is 15.4 Å². The second-order valence-electron chi connectivity index (χ2n) is 6.57. The number of imide groups is 1. The molecule has 0 unspecified atom stereocenters. The smallest absolute Gasteiger partial charge is 0.322 e. The summed E-state index contributed by atoms with van der Waals surface area (Å²) in [5, 5.41) is 6.31. The molecule has 2 fully saturated rings. The molecule has 4 amide bonds. The van der Waals surface area contributed by atoms with Gasteiger partial charge in [0, 0.05) is 0 Å². The van der Waals surface area contributed by atoms with Gasteiger partial charge in [-0.25, -0.2) is 9.78 Å². The van der Waals surface area contributed by atoms with E-state index in [9.17, 15) is 14.4 Å². The van der Waals surface area contributed by atoms with Crippen LogP contribution in [0.2, 0.25) is 0 Å². The predicted octanol–water partition coefficient (Wildman–Crippen LogP) is 3.08. The third-order valence-electron chi connectivity index (χ3n) is 4.82. The molecule has 0 bridgehead atoms. The van der Waals surface area contributed by atoms with Gasteiger partial charge in [-0.2, -0.15) is 5.01 Å². The van der Waals surface area contributed by atoms with E-state index in [1.807, 2.05) is 17.5 Å². The Kier molecular flexibility index (Phi) is 4.28. The van der Waals surface area contributed by atoms with Crippen molar-refractivity contribution in [3.8, 4) is 9.88 Å². The van der Waals surface area contributed by atoms with E-state index in [0.29, 0.717) is 23.4 Å². The fourth-order valence-electron chi connectivity index (χ4n) is 3.48. The van der Waals surface area contributed by atoms with Crippen LogP contribution in [-0.2, 0) is 4.79 Å². The molecule has 2 aromatic heterocycles. The van der Waals surface area contributed by atoms with E-state index in [-0.39, 0.29) is 5.91 Å². The molecule has 2 N–H and O–H groups in total. The summed E-state index contributed by atoms with van der Waals surface area (Å²) < 4.78 is 0. The Morgan fingerprint density at radius 2 is 2.08 bits per heavy atom. The second kappa shape index (κ2) is 6.48. The fraction of sp³-hybridized carbons (Fsp3) is 0.412. The Hall–Kier alpha value is -2.26. The number of nitrogens with zero attached hydrogens (tertiary/aromatic N) is 2. The number of thiazole rings is 1. The molecule has 3 heterocycles. The third kappa shape index (κ3) is 2.80. The molecule has 4 rings (SSSR count). The number of carbonyl (C=O) groups is 3. The number of thiophene rings is 1. The van der Waals surface area contributed by atoms with Gasteiger partial charge in [0.25, 0.3) is 11.8 Å². The summed E-state index contributed by atoms with van der Waals surface area (Å²) in [7, 11) is 0. The van der Waals surface area contributed by atoms with E-state index in [2.05, 4.69) is 15.7 Å². The average molecular weight is 390 g/mol. The molecule has 0 aromatic carbocycles. The van der Waals surface area contributed by atoms with Crippen LogP contribution in [-0.4, -0.2) is 33.4 Å². The summed E-state index contributed by atoms with van der Waals surface area (Å²) in [6.45, 7) is 1.75.